The minimum Gasteiger partial charge on any atom is -0.503 e. The van der Waals surface area contributed by atoms with Crippen molar-refractivity contribution in [2.45, 2.75) is 52.7 Å². The van der Waals surface area contributed by atoms with Crippen LogP contribution in [0.2, 0.25) is 10.0 Å². The summed E-state index contributed by atoms with van der Waals surface area (Å²) in [5.74, 6) is -7.14. The number of rotatable bonds is 5. The average molecular weight is 702 g/mol. The first-order valence-electron chi connectivity index (χ1n) is 15.1. The number of amides is 1. The number of nitrogens with zero attached hydrogens (tertiary/aromatic N) is 6. The fraction of sp³-hybridized carbons (Fsp3) is 0.353. The maximum atomic E-state index is 15.5. The monoisotopic (exact) mass is 700 g/mol. The summed E-state index contributed by atoms with van der Waals surface area (Å²) < 4.78 is 45.7. The number of hydrogen-bond acceptors (Lipinski definition) is 7. The predicted octanol–water partition coefficient (Wildman–Crippen LogP) is 6.69. The Labute approximate surface area is 285 Å². The van der Waals surface area contributed by atoms with E-state index >= 15 is 4.39 Å². The number of piperazine rings is 1. The largest absolute Gasteiger partial charge is 0.503 e. The Morgan fingerprint density at radius 3 is 2.35 bits per heavy atom. The average Bonchev–Trinajstić information content (AvgIpc) is 3.03. The minimum absolute atomic E-state index is 0.0592. The third kappa shape index (κ3) is 5.39. The van der Waals surface area contributed by atoms with E-state index in [9.17, 15) is 28.7 Å². The smallest absolute Gasteiger partial charge is 0.276 e. The molecule has 3 aromatic rings. The number of phenolic OH excluding ortho intramolecular Hbond substituents is 1. The lowest BCUT2D eigenvalue weighted by Crippen LogP contribution is -2.58. The van der Waals surface area contributed by atoms with E-state index in [1.807, 2.05) is 45.8 Å². The number of halogens is 5. The van der Waals surface area contributed by atoms with E-state index in [-0.39, 0.29) is 64.3 Å². The number of benzene rings is 1. The number of likely N-dealkylation sites (N-methyl/N-ethyl adjacent to an activating group) is 1. The Hall–Kier alpha value is -4.47. The highest BCUT2D eigenvalue weighted by atomic mass is 35.5. The lowest BCUT2D eigenvalue weighted by atomic mass is 9.93. The van der Waals surface area contributed by atoms with Crippen molar-refractivity contribution in [3.8, 4) is 23.1 Å². The molecule has 4 heterocycles. The van der Waals surface area contributed by atoms with Gasteiger partial charge in [-0.25, -0.2) is 13.8 Å². The molecule has 14 heteroatoms. The summed E-state index contributed by atoms with van der Waals surface area (Å²) in [6.45, 7) is 13.4. The molecule has 0 bridgehead atoms. The molecule has 2 aliphatic heterocycles. The summed E-state index contributed by atoms with van der Waals surface area (Å²) in [5.41, 5.74) is -0.933. The molecule has 0 aliphatic carbocycles. The zero-order valence-electron chi connectivity index (χ0n) is 27.1. The van der Waals surface area contributed by atoms with Crippen LogP contribution in [-0.2, 0) is 4.79 Å². The van der Waals surface area contributed by atoms with Gasteiger partial charge in [-0.15, -0.1) is 0 Å². The maximum Gasteiger partial charge on any atom is 0.276 e. The second-order valence-electron chi connectivity index (χ2n) is 12.4. The summed E-state index contributed by atoms with van der Waals surface area (Å²) >= 11 is 12.8. The number of allylic oxidation sites excluding steroid dienone is 2. The van der Waals surface area contributed by atoms with E-state index in [0.29, 0.717) is 11.3 Å². The standard InChI is InChI=1S/C34H33Cl2F3N6O3/c1-8-22(46)44-17(5)13-43(14-18(44)6)31-19-11-21(35)28(23-24(36)26(38)27(39)32(47)25(23)37)41-33(19)45(34(48)20(31)12-40)30-16(4)9-10-42(7)29(30)15(2)3/h8-11,15,17-18,29,47H,1,13-14H2,2-7H3/t17-,18+,29?. The number of anilines is 1. The van der Waals surface area contributed by atoms with Crippen LogP contribution in [0.25, 0.3) is 28.0 Å². The van der Waals surface area contributed by atoms with Crippen LogP contribution in [-0.4, -0.2) is 68.6 Å². The van der Waals surface area contributed by atoms with Gasteiger partial charge in [-0.05, 0) is 56.7 Å². The summed E-state index contributed by atoms with van der Waals surface area (Å²) in [7, 11) is 1.84. The Morgan fingerprint density at radius 2 is 1.79 bits per heavy atom. The van der Waals surface area contributed by atoms with Crippen molar-refractivity contribution in [1.82, 2.24) is 19.4 Å². The zero-order chi connectivity index (χ0) is 35.5. The van der Waals surface area contributed by atoms with Crippen LogP contribution in [0.1, 0.15) is 40.2 Å². The molecular weight excluding hydrogens is 668 g/mol. The highest BCUT2D eigenvalue weighted by Gasteiger charge is 2.37. The van der Waals surface area contributed by atoms with Gasteiger partial charge in [-0.3, -0.25) is 14.2 Å². The van der Waals surface area contributed by atoms with Gasteiger partial charge in [0, 0.05) is 37.6 Å². The van der Waals surface area contributed by atoms with Gasteiger partial charge >= 0.3 is 0 Å². The molecule has 0 saturated carbocycles. The van der Waals surface area contributed by atoms with Crippen molar-refractivity contribution in [3.63, 3.8) is 0 Å². The predicted molar refractivity (Wildman–Crippen MR) is 180 cm³/mol. The first-order chi connectivity index (χ1) is 22.6. The number of nitriles is 1. The van der Waals surface area contributed by atoms with Crippen molar-refractivity contribution in [1.29, 1.82) is 5.26 Å². The van der Waals surface area contributed by atoms with Crippen molar-refractivity contribution < 1.29 is 23.1 Å². The third-order valence-electron chi connectivity index (χ3n) is 8.88. The highest BCUT2D eigenvalue weighted by Crippen LogP contribution is 2.44. The normalized spacial score (nSPS) is 19.8. The van der Waals surface area contributed by atoms with Gasteiger partial charge < -0.3 is 19.8 Å². The Morgan fingerprint density at radius 1 is 1.17 bits per heavy atom. The molecule has 9 nitrogen and oxygen atoms in total. The van der Waals surface area contributed by atoms with Gasteiger partial charge in [0.2, 0.25) is 11.7 Å². The quantitative estimate of drug-likeness (QED) is 0.180. The van der Waals surface area contributed by atoms with E-state index in [2.05, 4.69) is 17.6 Å². The molecule has 48 heavy (non-hydrogen) atoms. The van der Waals surface area contributed by atoms with Crippen LogP contribution >= 0.6 is 23.2 Å². The molecule has 0 spiro atoms. The molecule has 5 rings (SSSR count). The lowest BCUT2D eigenvalue weighted by molar-refractivity contribution is -0.130. The van der Waals surface area contributed by atoms with E-state index in [4.69, 9.17) is 23.2 Å². The Bertz CT molecular complexity index is 2010. The molecule has 1 aromatic carbocycles. The first kappa shape index (κ1) is 34.9. The maximum absolute atomic E-state index is 15.5. The number of phenols is 1. The topological polar surface area (TPSA) is 106 Å². The number of fused-ring (bicyclic) bond motifs is 1. The summed E-state index contributed by atoms with van der Waals surface area (Å²) in [4.78, 5) is 37.3. The number of aromatic nitrogens is 2. The highest BCUT2D eigenvalue weighted by molar-refractivity contribution is 6.37. The molecular formula is C34H33Cl2F3N6O3. The molecule has 252 valence electrons. The van der Waals surface area contributed by atoms with Gasteiger partial charge in [0.15, 0.2) is 17.4 Å². The molecule has 1 amide bonds. The molecule has 0 radical (unpaired) electrons. The van der Waals surface area contributed by atoms with Gasteiger partial charge in [0.05, 0.1) is 38.7 Å². The van der Waals surface area contributed by atoms with Crippen molar-refractivity contribution in [3.05, 3.63) is 80.0 Å². The van der Waals surface area contributed by atoms with Crippen LogP contribution in [0.15, 0.2) is 41.4 Å². The number of hydrogen-bond donors (Lipinski definition) is 1. The number of carbonyl (C=O) groups excluding carboxylic acids is 1. The molecule has 1 saturated heterocycles. The number of carbonyl (C=O) groups is 1. The van der Waals surface area contributed by atoms with Crippen molar-refractivity contribution >= 4 is 51.5 Å². The minimum atomic E-state index is -1.88. The lowest BCUT2D eigenvalue weighted by Gasteiger charge is -2.45. The molecule has 1 fully saturated rings. The van der Waals surface area contributed by atoms with Crippen molar-refractivity contribution in [2.24, 2.45) is 5.92 Å². The Balaban J connectivity index is 1.94. The molecule has 1 unspecified atom stereocenters. The van der Waals surface area contributed by atoms with Crippen molar-refractivity contribution in [2.75, 3.05) is 25.0 Å². The molecule has 3 atom stereocenters. The third-order valence-corrected chi connectivity index (χ3v) is 9.53. The van der Waals surface area contributed by atoms with Crippen LogP contribution in [0.3, 0.4) is 0 Å². The summed E-state index contributed by atoms with van der Waals surface area (Å²) in [6, 6.07) is 2.32. The fourth-order valence-electron chi connectivity index (χ4n) is 6.90. The van der Waals surface area contributed by atoms with E-state index < -0.39 is 51.1 Å². The molecule has 1 N–H and O–H groups in total. The Kier molecular flexibility index (Phi) is 9.34. The first-order valence-corrected chi connectivity index (χ1v) is 15.9. The second kappa shape index (κ2) is 12.9. The molecule has 2 aromatic heterocycles. The van der Waals surface area contributed by atoms with Crippen LogP contribution in [0.5, 0.6) is 5.75 Å². The van der Waals surface area contributed by atoms with Crippen LogP contribution in [0, 0.1) is 34.7 Å². The van der Waals surface area contributed by atoms with E-state index in [1.165, 1.54) is 16.7 Å². The summed E-state index contributed by atoms with van der Waals surface area (Å²) in [6.07, 6.45) is 4.88. The van der Waals surface area contributed by atoms with E-state index in [0.717, 1.165) is 0 Å². The van der Waals surface area contributed by atoms with Gasteiger partial charge in [0.1, 0.15) is 17.3 Å². The number of pyridine rings is 2. The second-order valence-corrected chi connectivity index (χ2v) is 13.2. The van der Waals surface area contributed by atoms with Gasteiger partial charge in [-0.2, -0.15) is 9.65 Å². The molecule has 2 aliphatic rings. The van der Waals surface area contributed by atoms with Gasteiger partial charge in [-0.1, -0.05) is 43.6 Å². The SMILES string of the molecule is C=CC(=O)N1[C@H](C)CN(c2c(C#N)c(=O)n(C3=C(C)C=CN(C)C3C(C)C)c3nc(-c4c(F)c(O)c(F)c(F)c4Cl)c(Cl)cc23)C[C@@H]1C. The number of aromatic hydroxyl groups is 1. The van der Waals surface area contributed by atoms with E-state index in [1.54, 1.807) is 22.8 Å². The summed E-state index contributed by atoms with van der Waals surface area (Å²) in [5, 5.41) is 19.5. The van der Waals surface area contributed by atoms with Crippen LogP contribution in [0.4, 0.5) is 18.9 Å². The fourth-order valence-corrected chi connectivity index (χ4v) is 7.40. The zero-order valence-corrected chi connectivity index (χ0v) is 28.6. The van der Waals surface area contributed by atoms with Crippen LogP contribution < -0.4 is 10.5 Å². The van der Waals surface area contributed by atoms with Gasteiger partial charge in [0.25, 0.3) is 5.56 Å².